The highest BCUT2D eigenvalue weighted by molar-refractivity contribution is 5.71. The molecule has 1 heterocycles. The molecule has 0 saturated heterocycles. The van der Waals surface area contributed by atoms with Crippen molar-refractivity contribution in [3.63, 3.8) is 0 Å². The molecule has 0 aromatic heterocycles. The second-order valence-electron chi connectivity index (χ2n) is 6.19. The Morgan fingerprint density at radius 1 is 0.900 bits per heavy atom. The molecule has 0 spiro atoms. The SMILES string of the molecule is O=C(OCc1ccccc1)N1C(C(F)(F)F)C(C(F)(F)F)N=NN1c1ccccc1. The van der Waals surface area contributed by atoms with E-state index < -0.39 is 37.1 Å². The molecule has 12 heteroatoms. The van der Waals surface area contributed by atoms with Crippen LogP contribution in [-0.4, -0.2) is 35.5 Å². The number of nitrogens with zero attached hydrogens (tertiary/aromatic N) is 4. The fourth-order valence-corrected chi connectivity index (χ4v) is 2.74. The number of carbonyl (C=O) groups is 1. The van der Waals surface area contributed by atoms with Crippen LogP contribution in [0.5, 0.6) is 0 Å². The molecule has 0 saturated carbocycles. The van der Waals surface area contributed by atoms with Gasteiger partial charge in [0.15, 0.2) is 12.1 Å². The number of benzene rings is 2. The molecular formula is C18H14F6N4O2. The maximum Gasteiger partial charge on any atom is 0.431 e. The summed E-state index contributed by atoms with van der Waals surface area (Å²) in [4.78, 5) is 12.6. The lowest BCUT2D eigenvalue weighted by molar-refractivity contribution is -0.237. The van der Waals surface area contributed by atoms with E-state index in [1.807, 2.05) is 0 Å². The number of carbonyl (C=O) groups excluding carboxylic acids is 1. The summed E-state index contributed by atoms with van der Waals surface area (Å²) in [6.45, 7) is -0.447. The molecular weight excluding hydrogens is 418 g/mol. The van der Waals surface area contributed by atoms with Crippen LogP contribution < -0.4 is 5.12 Å². The van der Waals surface area contributed by atoms with E-state index in [4.69, 9.17) is 4.74 Å². The lowest BCUT2D eigenvalue weighted by atomic mass is 10.1. The van der Waals surface area contributed by atoms with Crippen LogP contribution in [0.4, 0.5) is 36.8 Å². The third-order valence-corrected chi connectivity index (χ3v) is 4.08. The smallest absolute Gasteiger partial charge is 0.431 e. The number of halogens is 6. The fourth-order valence-electron chi connectivity index (χ4n) is 2.74. The minimum Gasteiger partial charge on any atom is -0.443 e. The van der Waals surface area contributed by atoms with Gasteiger partial charge in [-0.3, -0.25) is 0 Å². The molecule has 1 aliphatic heterocycles. The van der Waals surface area contributed by atoms with Crippen LogP contribution in [0.2, 0.25) is 0 Å². The van der Waals surface area contributed by atoms with Crippen LogP contribution in [-0.2, 0) is 11.3 Å². The summed E-state index contributed by atoms with van der Waals surface area (Å²) in [5, 5.41) is 6.20. The highest BCUT2D eigenvalue weighted by atomic mass is 19.4. The van der Waals surface area contributed by atoms with Gasteiger partial charge in [0.05, 0.1) is 5.69 Å². The van der Waals surface area contributed by atoms with Crippen molar-refractivity contribution in [1.82, 2.24) is 5.01 Å². The van der Waals surface area contributed by atoms with Gasteiger partial charge in [-0.1, -0.05) is 48.5 Å². The number of alkyl halides is 6. The van der Waals surface area contributed by atoms with Crippen molar-refractivity contribution in [2.24, 2.45) is 10.3 Å². The Balaban J connectivity index is 2.00. The van der Waals surface area contributed by atoms with E-state index in [0.717, 1.165) is 0 Å². The zero-order valence-electron chi connectivity index (χ0n) is 15.0. The van der Waals surface area contributed by atoms with Gasteiger partial charge in [0.25, 0.3) is 0 Å². The first kappa shape index (κ1) is 21.4. The molecule has 6 nitrogen and oxygen atoms in total. The maximum atomic E-state index is 13.7. The number of hydrogen-bond donors (Lipinski definition) is 0. The number of amides is 1. The van der Waals surface area contributed by atoms with Crippen molar-refractivity contribution in [1.29, 1.82) is 0 Å². The van der Waals surface area contributed by atoms with E-state index in [2.05, 4.69) is 10.3 Å². The van der Waals surface area contributed by atoms with Crippen molar-refractivity contribution < 1.29 is 35.9 Å². The molecule has 1 aliphatic rings. The summed E-state index contributed by atoms with van der Waals surface area (Å²) in [6.07, 6.45) is -12.5. The Morgan fingerprint density at radius 3 is 2.00 bits per heavy atom. The molecule has 30 heavy (non-hydrogen) atoms. The number of hydrogen-bond acceptors (Lipinski definition) is 5. The third-order valence-electron chi connectivity index (χ3n) is 4.08. The summed E-state index contributed by atoms with van der Waals surface area (Å²) in [7, 11) is 0. The topological polar surface area (TPSA) is 57.5 Å². The quantitative estimate of drug-likeness (QED) is 0.620. The molecule has 2 aromatic carbocycles. The average Bonchev–Trinajstić information content (AvgIpc) is 2.71. The Bertz CT molecular complexity index is 889. The molecule has 3 rings (SSSR count). The summed E-state index contributed by atoms with van der Waals surface area (Å²) >= 11 is 0. The molecule has 160 valence electrons. The minimum absolute atomic E-state index is 0.104. The Morgan fingerprint density at radius 2 is 1.47 bits per heavy atom. The third kappa shape index (κ3) is 4.63. The highest BCUT2D eigenvalue weighted by Gasteiger charge is 2.63. The Kier molecular flexibility index (Phi) is 5.85. The molecule has 0 radical (unpaired) electrons. The van der Waals surface area contributed by atoms with E-state index in [9.17, 15) is 31.1 Å². The Labute approximate surface area is 166 Å². The van der Waals surface area contributed by atoms with Crippen LogP contribution in [0, 0.1) is 0 Å². The number of hydrazine groups is 1. The van der Waals surface area contributed by atoms with Crippen LogP contribution >= 0.6 is 0 Å². The van der Waals surface area contributed by atoms with Crippen molar-refractivity contribution in [3.05, 3.63) is 66.2 Å². The van der Waals surface area contributed by atoms with Crippen LogP contribution in [0.3, 0.4) is 0 Å². The summed E-state index contributed by atoms with van der Waals surface area (Å²) in [5.74, 6) is 0. The second kappa shape index (κ2) is 8.20. The van der Waals surface area contributed by atoms with Gasteiger partial charge in [-0.15, -0.1) is 5.12 Å². The summed E-state index contributed by atoms with van der Waals surface area (Å²) < 4.78 is 85.9. The maximum absolute atomic E-state index is 13.7. The zero-order valence-corrected chi connectivity index (χ0v) is 15.0. The largest absolute Gasteiger partial charge is 0.443 e. The number of rotatable bonds is 3. The van der Waals surface area contributed by atoms with E-state index in [1.54, 1.807) is 18.2 Å². The van der Waals surface area contributed by atoms with Gasteiger partial charge in [-0.2, -0.15) is 36.5 Å². The predicted molar refractivity (Wildman–Crippen MR) is 91.9 cm³/mol. The van der Waals surface area contributed by atoms with Gasteiger partial charge < -0.3 is 4.74 Å². The van der Waals surface area contributed by atoms with Gasteiger partial charge in [0.1, 0.15) is 6.61 Å². The second-order valence-corrected chi connectivity index (χ2v) is 6.19. The molecule has 2 aromatic rings. The normalized spacial score (nSPS) is 19.7. The molecule has 1 amide bonds. The van der Waals surface area contributed by atoms with Crippen LogP contribution in [0.15, 0.2) is 71.0 Å². The summed E-state index contributed by atoms with van der Waals surface area (Å²) in [5.41, 5.74) is 0.333. The first-order chi connectivity index (χ1) is 14.1. The number of para-hydroxylation sites is 1. The van der Waals surface area contributed by atoms with Gasteiger partial charge in [0.2, 0.25) is 0 Å². The molecule has 2 atom stereocenters. The van der Waals surface area contributed by atoms with Crippen LogP contribution in [0.25, 0.3) is 0 Å². The number of ether oxygens (including phenoxy) is 1. The van der Waals surface area contributed by atoms with E-state index >= 15 is 0 Å². The molecule has 2 unspecified atom stereocenters. The van der Waals surface area contributed by atoms with Crippen molar-refractivity contribution in [2.75, 3.05) is 5.12 Å². The van der Waals surface area contributed by atoms with E-state index in [0.29, 0.717) is 10.7 Å². The lowest BCUT2D eigenvalue weighted by Crippen LogP contribution is -2.65. The highest BCUT2D eigenvalue weighted by Crippen LogP contribution is 2.41. The molecule has 0 aliphatic carbocycles. The average molecular weight is 432 g/mol. The standard InChI is InChI=1S/C18H14F6N4O2/c19-17(20,21)14-15(18(22,23)24)27(16(29)30-11-12-7-3-1-4-8-12)28(26-25-14)13-9-5-2-6-10-13/h1-10,14-15H,11H2. The van der Waals surface area contributed by atoms with Gasteiger partial charge in [-0.05, 0) is 22.9 Å². The fraction of sp³-hybridized carbons (Fsp3) is 0.278. The van der Waals surface area contributed by atoms with Gasteiger partial charge >= 0.3 is 18.4 Å². The van der Waals surface area contributed by atoms with Crippen LogP contribution in [0.1, 0.15) is 5.56 Å². The molecule has 0 N–H and O–H groups in total. The first-order valence-electron chi connectivity index (χ1n) is 8.48. The Hall–Kier alpha value is -3.31. The minimum atomic E-state index is -5.47. The predicted octanol–water partition coefficient (Wildman–Crippen LogP) is 5.29. The molecule has 0 bridgehead atoms. The van der Waals surface area contributed by atoms with Crippen molar-refractivity contribution >= 4 is 11.8 Å². The van der Waals surface area contributed by atoms with Gasteiger partial charge in [-0.25, -0.2) is 4.79 Å². The monoisotopic (exact) mass is 432 g/mol. The number of anilines is 1. The zero-order chi connectivity index (χ0) is 21.9. The van der Waals surface area contributed by atoms with Crippen molar-refractivity contribution in [2.45, 2.75) is 31.0 Å². The van der Waals surface area contributed by atoms with Gasteiger partial charge in [0, 0.05) is 0 Å². The lowest BCUT2D eigenvalue weighted by Gasteiger charge is -2.42. The van der Waals surface area contributed by atoms with Crippen molar-refractivity contribution in [3.8, 4) is 0 Å². The van der Waals surface area contributed by atoms with E-state index in [1.165, 1.54) is 42.5 Å². The molecule has 0 fully saturated rings. The summed E-state index contributed by atoms with van der Waals surface area (Å²) in [6, 6.07) is 8.17. The van der Waals surface area contributed by atoms with E-state index in [-0.39, 0.29) is 10.7 Å². The first-order valence-corrected chi connectivity index (χ1v) is 8.48.